The van der Waals surface area contributed by atoms with E-state index < -0.39 is 0 Å². The minimum absolute atomic E-state index is 0.0232. The number of rotatable bonds is 3. The maximum atomic E-state index is 9.99. The van der Waals surface area contributed by atoms with Crippen LogP contribution in [0.3, 0.4) is 0 Å². The molecule has 1 aromatic rings. The standard InChI is InChI=1S/C15H22O2/c1-2-12-8-10-13(11-9-12)17-15-7-5-3-4-6-14(15)16/h8-11,14-16H,2-7H2,1H3. The molecular weight excluding hydrogens is 212 g/mol. The lowest BCUT2D eigenvalue weighted by Crippen LogP contribution is -2.30. The molecule has 1 aromatic carbocycles. The second-order valence-electron chi connectivity index (χ2n) is 4.86. The van der Waals surface area contributed by atoms with Crippen molar-refractivity contribution in [2.24, 2.45) is 0 Å². The zero-order chi connectivity index (χ0) is 12.1. The molecule has 0 bridgehead atoms. The van der Waals surface area contributed by atoms with E-state index in [2.05, 4.69) is 19.1 Å². The van der Waals surface area contributed by atoms with Crippen LogP contribution in [0.15, 0.2) is 24.3 Å². The Kier molecular flexibility index (Phi) is 4.43. The third-order valence-corrected chi connectivity index (χ3v) is 3.54. The summed E-state index contributed by atoms with van der Waals surface area (Å²) in [6.07, 6.45) is 6.06. The summed E-state index contributed by atoms with van der Waals surface area (Å²) in [5, 5.41) is 9.99. The molecule has 0 aromatic heterocycles. The molecule has 2 atom stereocenters. The monoisotopic (exact) mass is 234 g/mol. The lowest BCUT2D eigenvalue weighted by atomic mass is 10.1. The van der Waals surface area contributed by atoms with Gasteiger partial charge in [-0.3, -0.25) is 0 Å². The molecule has 2 nitrogen and oxygen atoms in total. The first-order chi connectivity index (χ1) is 8.29. The summed E-state index contributed by atoms with van der Waals surface area (Å²) < 4.78 is 5.90. The predicted molar refractivity (Wildman–Crippen MR) is 69.3 cm³/mol. The van der Waals surface area contributed by atoms with Crippen LogP contribution in [0.25, 0.3) is 0 Å². The fourth-order valence-corrected chi connectivity index (χ4v) is 2.37. The van der Waals surface area contributed by atoms with Crippen molar-refractivity contribution in [3.05, 3.63) is 29.8 Å². The Morgan fingerprint density at radius 1 is 1.12 bits per heavy atom. The predicted octanol–water partition coefficient (Wildman–Crippen LogP) is 3.32. The zero-order valence-electron chi connectivity index (χ0n) is 10.6. The molecule has 0 radical (unpaired) electrons. The van der Waals surface area contributed by atoms with E-state index in [0.29, 0.717) is 0 Å². The van der Waals surface area contributed by atoms with E-state index in [-0.39, 0.29) is 12.2 Å². The van der Waals surface area contributed by atoms with Gasteiger partial charge in [-0.15, -0.1) is 0 Å². The van der Waals surface area contributed by atoms with Crippen molar-refractivity contribution < 1.29 is 9.84 Å². The highest BCUT2D eigenvalue weighted by atomic mass is 16.5. The summed E-state index contributed by atoms with van der Waals surface area (Å²) >= 11 is 0. The van der Waals surface area contributed by atoms with E-state index in [1.165, 1.54) is 12.0 Å². The maximum absolute atomic E-state index is 9.99. The molecule has 0 heterocycles. The first-order valence-corrected chi connectivity index (χ1v) is 6.73. The van der Waals surface area contributed by atoms with Crippen molar-refractivity contribution in [3.63, 3.8) is 0 Å². The lowest BCUT2D eigenvalue weighted by molar-refractivity contribution is 0.0320. The molecule has 1 aliphatic rings. The number of aliphatic hydroxyl groups excluding tert-OH is 1. The Hall–Kier alpha value is -1.02. The van der Waals surface area contributed by atoms with Gasteiger partial charge in [0.2, 0.25) is 0 Å². The van der Waals surface area contributed by atoms with Crippen LogP contribution in [-0.2, 0) is 6.42 Å². The van der Waals surface area contributed by atoms with Crippen LogP contribution in [0.4, 0.5) is 0 Å². The van der Waals surface area contributed by atoms with Gasteiger partial charge in [-0.25, -0.2) is 0 Å². The molecule has 0 spiro atoms. The number of hydrogen-bond donors (Lipinski definition) is 1. The van der Waals surface area contributed by atoms with E-state index >= 15 is 0 Å². The smallest absolute Gasteiger partial charge is 0.124 e. The Labute approximate surface area is 104 Å². The second kappa shape index (κ2) is 6.06. The van der Waals surface area contributed by atoms with Crippen LogP contribution in [0.2, 0.25) is 0 Å². The minimum Gasteiger partial charge on any atom is -0.488 e. The van der Waals surface area contributed by atoms with Gasteiger partial charge >= 0.3 is 0 Å². The molecule has 0 saturated heterocycles. The number of hydrogen-bond acceptors (Lipinski definition) is 2. The van der Waals surface area contributed by atoms with Gasteiger partial charge in [0.1, 0.15) is 11.9 Å². The molecule has 0 amide bonds. The first-order valence-electron chi connectivity index (χ1n) is 6.73. The summed E-state index contributed by atoms with van der Waals surface area (Å²) in [5.74, 6) is 0.883. The Balaban J connectivity index is 1.98. The highest BCUT2D eigenvalue weighted by Gasteiger charge is 2.22. The maximum Gasteiger partial charge on any atom is 0.124 e. The second-order valence-corrected chi connectivity index (χ2v) is 4.86. The fourth-order valence-electron chi connectivity index (χ4n) is 2.37. The average Bonchev–Trinajstić information content (AvgIpc) is 2.56. The van der Waals surface area contributed by atoms with Crippen molar-refractivity contribution in [1.29, 1.82) is 0 Å². The van der Waals surface area contributed by atoms with Crippen molar-refractivity contribution in [3.8, 4) is 5.75 Å². The van der Waals surface area contributed by atoms with Gasteiger partial charge in [-0.2, -0.15) is 0 Å². The fraction of sp³-hybridized carbons (Fsp3) is 0.600. The van der Waals surface area contributed by atoms with Crippen LogP contribution < -0.4 is 4.74 Å². The normalized spacial score (nSPS) is 25.3. The minimum atomic E-state index is -0.302. The van der Waals surface area contributed by atoms with Crippen LogP contribution in [0.1, 0.15) is 44.6 Å². The lowest BCUT2D eigenvalue weighted by Gasteiger charge is -2.22. The molecule has 2 rings (SSSR count). The van der Waals surface area contributed by atoms with Crippen LogP contribution in [0.5, 0.6) is 5.75 Å². The first kappa shape index (κ1) is 12.4. The molecule has 17 heavy (non-hydrogen) atoms. The van der Waals surface area contributed by atoms with Crippen LogP contribution >= 0.6 is 0 Å². The highest BCUT2D eigenvalue weighted by Crippen LogP contribution is 2.23. The topological polar surface area (TPSA) is 29.5 Å². The third kappa shape index (κ3) is 3.47. The van der Waals surface area contributed by atoms with Crippen molar-refractivity contribution in [2.45, 2.75) is 57.7 Å². The third-order valence-electron chi connectivity index (χ3n) is 3.54. The number of benzene rings is 1. The Bertz CT molecular complexity index is 331. The van der Waals surface area contributed by atoms with Gasteiger partial charge in [0.15, 0.2) is 0 Å². The van der Waals surface area contributed by atoms with Crippen LogP contribution in [0, 0.1) is 0 Å². The van der Waals surface area contributed by atoms with Gasteiger partial charge in [0.05, 0.1) is 6.10 Å². The van der Waals surface area contributed by atoms with E-state index in [4.69, 9.17) is 4.74 Å². The molecule has 2 unspecified atom stereocenters. The summed E-state index contributed by atoms with van der Waals surface area (Å²) in [5.41, 5.74) is 1.32. The molecular formula is C15H22O2. The number of ether oxygens (including phenoxy) is 1. The largest absolute Gasteiger partial charge is 0.488 e. The van der Waals surface area contributed by atoms with Crippen molar-refractivity contribution >= 4 is 0 Å². The van der Waals surface area contributed by atoms with Gasteiger partial charge in [-0.1, -0.05) is 31.9 Å². The Morgan fingerprint density at radius 2 is 1.82 bits per heavy atom. The summed E-state index contributed by atoms with van der Waals surface area (Å²) in [6.45, 7) is 2.14. The number of aryl methyl sites for hydroxylation is 1. The summed E-state index contributed by atoms with van der Waals surface area (Å²) in [7, 11) is 0. The van der Waals surface area contributed by atoms with E-state index in [1.807, 2.05) is 12.1 Å². The highest BCUT2D eigenvalue weighted by molar-refractivity contribution is 5.27. The van der Waals surface area contributed by atoms with E-state index in [1.54, 1.807) is 0 Å². The summed E-state index contributed by atoms with van der Waals surface area (Å²) in [6, 6.07) is 8.21. The summed E-state index contributed by atoms with van der Waals surface area (Å²) in [4.78, 5) is 0. The van der Waals surface area contributed by atoms with E-state index in [9.17, 15) is 5.11 Å². The van der Waals surface area contributed by atoms with Gasteiger partial charge in [0, 0.05) is 0 Å². The van der Waals surface area contributed by atoms with E-state index in [0.717, 1.165) is 37.9 Å². The zero-order valence-corrected chi connectivity index (χ0v) is 10.6. The van der Waals surface area contributed by atoms with Gasteiger partial charge in [0.25, 0.3) is 0 Å². The van der Waals surface area contributed by atoms with Gasteiger partial charge < -0.3 is 9.84 Å². The molecule has 1 N–H and O–H groups in total. The molecule has 1 saturated carbocycles. The van der Waals surface area contributed by atoms with Gasteiger partial charge in [-0.05, 0) is 43.4 Å². The van der Waals surface area contributed by atoms with Crippen molar-refractivity contribution in [2.75, 3.05) is 0 Å². The molecule has 2 heteroatoms. The molecule has 0 aliphatic heterocycles. The number of aliphatic hydroxyl groups is 1. The molecule has 94 valence electrons. The Morgan fingerprint density at radius 3 is 2.53 bits per heavy atom. The van der Waals surface area contributed by atoms with Crippen molar-refractivity contribution in [1.82, 2.24) is 0 Å². The molecule has 1 fully saturated rings. The quantitative estimate of drug-likeness (QED) is 0.813. The SMILES string of the molecule is CCc1ccc(OC2CCCCCC2O)cc1. The molecule has 1 aliphatic carbocycles. The van der Waals surface area contributed by atoms with Crippen LogP contribution in [-0.4, -0.2) is 17.3 Å². The average molecular weight is 234 g/mol.